The Morgan fingerprint density at radius 3 is 2.44 bits per heavy atom. The molecular weight excluding hydrogens is 222 g/mol. The second-order valence-corrected chi connectivity index (χ2v) is 4.47. The number of aliphatic hydroxyl groups excluding tert-OH is 1. The van der Waals surface area contributed by atoms with Crippen molar-refractivity contribution in [2.24, 2.45) is 0 Å². The number of aliphatic hydroxyl groups is 1. The standard InChI is InChI=1S/C16H19NO/c1-14-6-5-9-16(12-14)17(10-11-18)13-15-7-3-2-4-8-15/h2-9,12,18H,10-11,13H2,1H3. The molecule has 0 atom stereocenters. The van der Waals surface area contributed by atoms with Crippen LogP contribution in [0.3, 0.4) is 0 Å². The molecule has 0 aliphatic rings. The Labute approximate surface area is 109 Å². The molecule has 0 aromatic heterocycles. The van der Waals surface area contributed by atoms with Crippen molar-refractivity contribution < 1.29 is 5.11 Å². The molecule has 18 heavy (non-hydrogen) atoms. The number of hydrogen-bond donors (Lipinski definition) is 1. The molecular formula is C16H19NO. The third-order valence-corrected chi connectivity index (χ3v) is 2.95. The first kappa shape index (κ1) is 12.7. The van der Waals surface area contributed by atoms with Gasteiger partial charge >= 0.3 is 0 Å². The number of benzene rings is 2. The fourth-order valence-corrected chi connectivity index (χ4v) is 2.05. The minimum absolute atomic E-state index is 0.167. The van der Waals surface area contributed by atoms with E-state index in [4.69, 9.17) is 0 Å². The first-order valence-electron chi connectivity index (χ1n) is 6.26. The molecule has 1 N–H and O–H groups in total. The summed E-state index contributed by atoms with van der Waals surface area (Å²) in [7, 11) is 0. The summed E-state index contributed by atoms with van der Waals surface area (Å²) >= 11 is 0. The molecule has 2 rings (SSSR count). The normalized spacial score (nSPS) is 10.3. The Bertz CT molecular complexity index is 481. The molecule has 0 radical (unpaired) electrons. The molecule has 94 valence electrons. The Hall–Kier alpha value is -1.80. The SMILES string of the molecule is Cc1cccc(N(CCO)Cc2ccccc2)c1. The Morgan fingerprint density at radius 2 is 1.78 bits per heavy atom. The fourth-order valence-electron chi connectivity index (χ4n) is 2.05. The van der Waals surface area contributed by atoms with E-state index in [0.29, 0.717) is 6.54 Å². The van der Waals surface area contributed by atoms with Crippen LogP contribution in [0.15, 0.2) is 54.6 Å². The number of hydrogen-bond acceptors (Lipinski definition) is 2. The number of aryl methyl sites for hydroxylation is 1. The van der Waals surface area contributed by atoms with Crippen LogP contribution in [0.5, 0.6) is 0 Å². The van der Waals surface area contributed by atoms with Crippen molar-refractivity contribution in [1.29, 1.82) is 0 Å². The van der Waals surface area contributed by atoms with Crippen LogP contribution in [0.25, 0.3) is 0 Å². The van der Waals surface area contributed by atoms with Crippen molar-refractivity contribution in [1.82, 2.24) is 0 Å². The summed E-state index contributed by atoms with van der Waals surface area (Å²) in [5, 5.41) is 9.20. The maximum atomic E-state index is 9.20. The van der Waals surface area contributed by atoms with Gasteiger partial charge in [0.2, 0.25) is 0 Å². The van der Waals surface area contributed by atoms with Gasteiger partial charge in [0.15, 0.2) is 0 Å². The van der Waals surface area contributed by atoms with Crippen LogP contribution in [0.4, 0.5) is 5.69 Å². The average molecular weight is 241 g/mol. The van der Waals surface area contributed by atoms with Crippen LogP contribution in [0, 0.1) is 6.92 Å². The highest BCUT2D eigenvalue weighted by molar-refractivity contribution is 5.49. The van der Waals surface area contributed by atoms with Crippen LogP contribution in [0.2, 0.25) is 0 Å². The van der Waals surface area contributed by atoms with E-state index in [1.54, 1.807) is 0 Å². The molecule has 0 unspecified atom stereocenters. The second kappa shape index (κ2) is 6.22. The maximum absolute atomic E-state index is 9.20. The van der Waals surface area contributed by atoms with E-state index in [1.165, 1.54) is 11.1 Å². The van der Waals surface area contributed by atoms with Gasteiger partial charge in [0.05, 0.1) is 6.61 Å². The van der Waals surface area contributed by atoms with Crippen molar-refractivity contribution in [2.45, 2.75) is 13.5 Å². The lowest BCUT2D eigenvalue weighted by Gasteiger charge is -2.24. The molecule has 0 aliphatic carbocycles. The molecule has 2 aromatic rings. The molecule has 0 fully saturated rings. The second-order valence-electron chi connectivity index (χ2n) is 4.47. The molecule has 0 bridgehead atoms. The molecule has 0 aliphatic heterocycles. The van der Waals surface area contributed by atoms with E-state index in [-0.39, 0.29) is 6.61 Å². The minimum Gasteiger partial charge on any atom is -0.395 e. The lowest BCUT2D eigenvalue weighted by Crippen LogP contribution is -2.26. The highest BCUT2D eigenvalue weighted by atomic mass is 16.3. The lowest BCUT2D eigenvalue weighted by molar-refractivity contribution is 0.301. The molecule has 2 nitrogen and oxygen atoms in total. The van der Waals surface area contributed by atoms with E-state index in [0.717, 1.165) is 12.2 Å². The summed E-state index contributed by atoms with van der Waals surface area (Å²) < 4.78 is 0. The molecule has 0 spiro atoms. The van der Waals surface area contributed by atoms with E-state index in [9.17, 15) is 5.11 Å². The van der Waals surface area contributed by atoms with Gasteiger partial charge in [-0.25, -0.2) is 0 Å². The quantitative estimate of drug-likeness (QED) is 0.870. The van der Waals surface area contributed by atoms with Gasteiger partial charge in [-0.2, -0.15) is 0 Å². The predicted molar refractivity (Wildman–Crippen MR) is 75.8 cm³/mol. The van der Waals surface area contributed by atoms with Gasteiger partial charge in [-0.3, -0.25) is 0 Å². The van der Waals surface area contributed by atoms with Crippen molar-refractivity contribution in [3.63, 3.8) is 0 Å². The van der Waals surface area contributed by atoms with Crippen LogP contribution >= 0.6 is 0 Å². The van der Waals surface area contributed by atoms with Crippen LogP contribution < -0.4 is 4.90 Å². The van der Waals surface area contributed by atoms with Gasteiger partial charge < -0.3 is 10.0 Å². The highest BCUT2D eigenvalue weighted by Gasteiger charge is 2.06. The summed E-state index contributed by atoms with van der Waals surface area (Å²) in [6, 6.07) is 18.7. The molecule has 0 amide bonds. The van der Waals surface area contributed by atoms with Gasteiger partial charge in [0, 0.05) is 18.8 Å². The molecule has 0 heterocycles. The summed E-state index contributed by atoms with van der Waals surface area (Å²) in [5.41, 5.74) is 3.66. The number of rotatable bonds is 5. The topological polar surface area (TPSA) is 23.5 Å². The van der Waals surface area contributed by atoms with Crippen molar-refractivity contribution in [3.8, 4) is 0 Å². The third kappa shape index (κ3) is 3.34. The van der Waals surface area contributed by atoms with E-state index < -0.39 is 0 Å². The first-order chi connectivity index (χ1) is 8.79. The lowest BCUT2D eigenvalue weighted by atomic mass is 10.1. The Kier molecular flexibility index (Phi) is 4.37. The average Bonchev–Trinajstić information content (AvgIpc) is 2.39. The van der Waals surface area contributed by atoms with Gasteiger partial charge in [-0.1, -0.05) is 42.5 Å². The Balaban J connectivity index is 2.18. The fraction of sp³-hybridized carbons (Fsp3) is 0.250. The summed E-state index contributed by atoms with van der Waals surface area (Å²) in [6.07, 6.45) is 0. The van der Waals surface area contributed by atoms with Crippen molar-refractivity contribution in [2.75, 3.05) is 18.1 Å². The van der Waals surface area contributed by atoms with E-state index >= 15 is 0 Å². The molecule has 2 heteroatoms. The number of nitrogens with zero attached hydrogens (tertiary/aromatic N) is 1. The number of anilines is 1. The van der Waals surface area contributed by atoms with Crippen molar-refractivity contribution in [3.05, 3.63) is 65.7 Å². The van der Waals surface area contributed by atoms with Crippen molar-refractivity contribution >= 4 is 5.69 Å². The zero-order chi connectivity index (χ0) is 12.8. The molecule has 0 saturated carbocycles. The third-order valence-electron chi connectivity index (χ3n) is 2.95. The largest absolute Gasteiger partial charge is 0.395 e. The monoisotopic (exact) mass is 241 g/mol. The van der Waals surface area contributed by atoms with Gasteiger partial charge in [-0.15, -0.1) is 0 Å². The Morgan fingerprint density at radius 1 is 1.00 bits per heavy atom. The summed E-state index contributed by atoms with van der Waals surface area (Å²) in [6.45, 7) is 3.73. The van der Waals surface area contributed by atoms with Crippen LogP contribution in [-0.4, -0.2) is 18.3 Å². The van der Waals surface area contributed by atoms with Gasteiger partial charge in [0.25, 0.3) is 0 Å². The van der Waals surface area contributed by atoms with Crippen LogP contribution in [-0.2, 0) is 6.54 Å². The smallest absolute Gasteiger partial charge is 0.0606 e. The van der Waals surface area contributed by atoms with E-state index in [1.807, 2.05) is 18.2 Å². The minimum atomic E-state index is 0.167. The maximum Gasteiger partial charge on any atom is 0.0606 e. The zero-order valence-corrected chi connectivity index (χ0v) is 10.7. The first-order valence-corrected chi connectivity index (χ1v) is 6.26. The van der Waals surface area contributed by atoms with Gasteiger partial charge in [-0.05, 0) is 30.2 Å². The highest BCUT2D eigenvalue weighted by Crippen LogP contribution is 2.18. The summed E-state index contributed by atoms with van der Waals surface area (Å²) in [4.78, 5) is 2.20. The van der Waals surface area contributed by atoms with Crippen LogP contribution in [0.1, 0.15) is 11.1 Å². The summed E-state index contributed by atoms with van der Waals surface area (Å²) in [5.74, 6) is 0. The zero-order valence-electron chi connectivity index (χ0n) is 10.7. The molecule has 0 saturated heterocycles. The molecule has 2 aromatic carbocycles. The van der Waals surface area contributed by atoms with E-state index in [2.05, 4.69) is 48.2 Å². The predicted octanol–water partition coefficient (Wildman–Crippen LogP) is 2.99. The van der Waals surface area contributed by atoms with Gasteiger partial charge in [0.1, 0.15) is 0 Å².